The minimum atomic E-state index is -0.463. The summed E-state index contributed by atoms with van der Waals surface area (Å²) < 4.78 is 6.01. The molecule has 0 amide bonds. The van der Waals surface area contributed by atoms with Crippen LogP contribution in [0.25, 0.3) is 0 Å². The number of anilines is 1. The van der Waals surface area contributed by atoms with Gasteiger partial charge in [-0.05, 0) is 43.6 Å². The molecular formula is C12H18BrN3O2S. The number of aromatic nitrogens is 2. The van der Waals surface area contributed by atoms with Gasteiger partial charge in [-0.1, -0.05) is 11.8 Å². The molecule has 0 unspecified atom stereocenters. The molecule has 5 nitrogen and oxygen atoms in total. The van der Waals surface area contributed by atoms with Gasteiger partial charge in [-0.25, -0.2) is 9.97 Å². The van der Waals surface area contributed by atoms with Crippen LogP contribution in [0.15, 0.2) is 15.8 Å². The molecule has 1 aromatic heterocycles. The summed E-state index contributed by atoms with van der Waals surface area (Å²) in [6, 6.07) is 0. The Balaban J connectivity index is 2.63. The molecule has 106 valence electrons. The molecule has 19 heavy (non-hydrogen) atoms. The van der Waals surface area contributed by atoms with Crippen LogP contribution in [-0.2, 0) is 9.53 Å². The van der Waals surface area contributed by atoms with Gasteiger partial charge in [-0.15, -0.1) is 0 Å². The van der Waals surface area contributed by atoms with Gasteiger partial charge in [0.05, 0.1) is 10.2 Å². The lowest BCUT2D eigenvalue weighted by Gasteiger charge is -2.19. The van der Waals surface area contributed by atoms with E-state index in [0.29, 0.717) is 0 Å². The molecule has 0 saturated carbocycles. The first-order chi connectivity index (χ1) is 8.83. The van der Waals surface area contributed by atoms with E-state index in [0.717, 1.165) is 21.9 Å². The Morgan fingerprint density at radius 1 is 1.47 bits per heavy atom. The van der Waals surface area contributed by atoms with Crippen molar-refractivity contribution in [2.75, 3.05) is 17.6 Å². The second kappa shape index (κ2) is 7.09. The number of rotatable bonds is 5. The molecule has 0 atom stereocenters. The Hall–Kier alpha value is -0.820. The van der Waals surface area contributed by atoms with Gasteiger partial charge in [0.15, 0.2) is 0 Å². The van der Waals surface area contributed by atoms with Crippen LogP contribution in [0.3, 0.4) is 0 Å². The van der Waals surface area contributed by atoms with E-state index in [9.17, 15) is 4.79 Å². The molecule has 0 saturated heterocycles. The predicted molar refractivity (Wildman–Crippen MR) is 80.5 cm³/mol. The number of halogens is 1. The summed E-state index contributed by atoms with van der Waals surface area (Å²) in [5.74, 6) is 0.690. The predicted octanol–water partition coefficient (Wildman–Crippen LogP) is 3.10. The molecule has 0 spiro atoms. The lowest BCUT2D eigenvalue weighted by atomic mass is 10.2. The average Bonchev–Trinajstić information content (AvgIpc) is 2.28. The third-order valence-corrected chi connectivity index (χ3v) is 3.83. The molecular weight excluding hydrogens is 330 g/mol. The van der Waals surface area contributed by atoms with Gasteiger partial charge in [-0.3, -0.25) is 4.79 Å². The van der Waals surface area contributed by atoms with Gasteiger partial charge < -0.3 is 10.1 Å². The van der Waals surface area contributed by atoms with Crippen molar-refractivity contribution >= 4 is 39.5 Å². The molecule has 7 heteroatoms. The third kappa shape index (κ3) is 5.78. The quantitative estimate of drug-likeness (QED) is 0.501. The summed E-state index contributed by atoms with van der Waals surface area (Å²) in [4.78, 5) is 19.9. The number of thioether (sulfide) groups is 1. The summed E-state index contributed by atoms with van der Waals surface area (Å²) in [5, 5.41) is 3.83. The summed E-state index contributed by atoms with van der Waals surface area (Å²) in [6.07, 6.45) is 1.47. The Morgan fingerprint density at radius 2 is 2.16 bits per heavy atom. The number of carbonyl (C=O) groups is 1. The summed E-state index contributed by atoms with van der Waals surface area (Å²) in [6.45, 7) is 8.30. The molecule has 1 N–H and O–H groups in total. The van der Waals surface area contributed by atoms with Crippen molar-refractivity contribution < 1.29 is 9.53 Å². The highest BCUT2D eigenvalue weighted by Gasteiger charge is 2.17. The van der Waals surface area contributed by atoms with Crippen molar-refractivity contribution in [3.05, 3.63) is 10.8 Å². The van der Waals surface area contributed by atoms with Gasteiger partial charge in [0.25, 0.3) is 0 Å². The molecule has 1 aromatic rings. The van der Waals surface area contributed by atoms with Crippen LogP contribution >= 0.6 is 27.7 Å². The van der Waals surface area contributed by atoms with Crippen molar-refractivity contribution in [2.24, 2.45) is 0 Å². The van der Waals surface area contributed by atoms with Crippen LogP contribution < -0.4 is 5.32 Å². The molecule has 1 rings (SSSR count). The van der Waals surface area contributed by atoms with Gasteiger partial charge in [0.2, 0.25) is 0 Å². The maximum absolute atomic E-state index is 11.6. The highest BCUT2D eigenvalue weighted by molar-refractivity contribution is 9.10. The average molecular weight is 348 g/mol. The largest absolute Gasteiger partial charge is 0.459 e. The third-order valence-electron chi connectivity index (χ3n) is 1.85. The second-order valence-electron chi connectivity index (χ2n) is 4.75. The first-order valence-electron chi connectivity index (χ1n) is 5.92. The fraction of sp³-hybridized carbons (Fsp3) is 0.583. The zero-order chi connectivity index (χ0) is 14.5. The van der Waals surface area contributed by atoms with Crippen LogP contribution in [0.2, 0.25) is 0 Å². The van der Waals surface area contributed by atoms with Gasteiger partial charge in [0.1, 0.15) is 22.8 Å². The fourth-order valence-corrected chi connectivity index (χ4v) is 2.59. The van der Waals surface area contributed by atoms with Crippen molar-refractivity contribution in [3.63, 3.8) is 0 Å². The topological polar surface area (TPSA) is 64.1 Å². The van der Waals surface area contributed by atoms with Gasteiger partial charge >= 0.3 is 5.97 Å². The highest BCUT2D eigenvalue weighted by Crippen LogP contribution is 2.30. The van der Waals surface area contributed by atoms with Crippen LogP contribution in [0.1, 0.15) is 27.7 Å². The molecule has 0 aliphatic heterocycles. The van der Waals surface area contributed by atoms with Crippen molar-refractivity contribution in [1.82, 2.24) is 9.97 Å². The van der Waals surface area contributed by atoms with E-state index in [1.165, 1.54) is 18.1 Å². The normalized spacial score (nSPS) is 11.2. The Kier molecular flexibility index (Phi) is 6.06. The Labute approximate surface area is 126 Å². The molecule has 0 aliphatic carbocycles. The summed E-state index contributed by atoms with van der Waals surface area (Å²) >= 11 is 4.76. The maximum Gasteiger partial charge on any atom is 0.316 e. The first-order valence-corrected chi connectivity index (χ1v) is 7.70. The molecule has 0 fully saturated rings. The number of nitrogens with zero attached hydrogens (tertiary/aromatic N) is 2. The van der Waals surface area contributed by atoms with Crippen molar-refractivity contribution in [2.45, 2.75) is 38.3 Å². The fourth-order valence-electron chi connectivity index (χ4n) is 1.24. The molecule has 0 aliphatic rings. The smallest absolute Gasteiger partial charge is 0.316 e. The number of esters is 1. The number of hydrogen-bond acceptors (Lipinski definition) is 6. The number of nitrogens with one attached hydrogen (secondary N) is 1. The van der Waals surface area contributed by atoms with Crippen LogP contribution in [0.5, 0.6) is 0 Å². The van der Waals surface area contributed by atoms with Gasteiger partial charge in [0, 0.05) is 6.54 Å². The molecule has 0 bridgehead atoms. The standard InChI is InChI=1S/C12H18BrN3O2S/c1-5-14-10-9(13)11(16-7-15-10)19-6-8(17)18-12(2,3)4/h7H,5-6H2,1-4H3,(H,14,15,16). The van der Waals surface area contributed by atoms with Crippen LogP contribution in [-0.4, -0.2) is 33.8 Å². The van der Waals surface area contributed by atoms with Crippen LogP contribution in [0.4, 0.5) is 5.82 Å². The first kappa shape index (κ1) is 16.2. The van der Waals surface area contributed by atoms with E-state index in [4.69, 9.17) is 4.74 Å². The Bertz CT molecular complexity index is 449. The van der Waals surface area contributed by atoms with Crippen LogP contribution in [0, 0.1) is 0 Å². The highest BCUT2D eigenvalue weighted by atomic mass is 79.9. The van der Waals surface area contributed by atoms with Crippen molar-refractivity contribution in [3.8, 4) is 0 Å². The molecule has 1 heterocycles. The zero-order valence-electron chi connectivity index (χ0n) is 11.5. The van der Waals surface area contributed by atoms with E-state index in [2.05, 4.69) is 31.2 Å². The lowest BCUT2D eigenvalue weighted by Crippen LogP contribution is -2.24. The lowest BCUT2D eigenvalue weighted by molar-refractivity contribution is -0.151. The minimum Gasteiger partial charge on any atom is -0.459 e. The van der Waals surface area contributed by atoms with Gasteiger partial charge in [-0.2, -0.15) is 0 Å². The number of carbonyl (C=O) groups excluding carboxylic acids is 1. The number of hydrogen-bond donors (Lipinski definition) is 1. The SMILES string of the molecule is CCNc1ncnc(SCC(=O)OC(C)(C)C)c1Br. The number of ether oxygens (including phenoxy) is 1. The van der Waals surface area contributed by atoms with E-state index in [1.807, 2.05) is 27.7 Å². The maximum atomic E-state index is 11.6. The van der Waals surface area contributed by atoms with E-state index in [1.54, 1.807) is 0 Å². The summed E-state index contributed by atoms with van der Waals surface area (Å²) in [7, 11) is 0. The molecule has 0 radical (unpaired) electrons. The van der Waals surface area contributed by atoms with E-state index in [-0.39, 0.29) is 11.7 Å². The van der Waals surface area contributed by atoms with E-state index < -0.39 is 5.60 Å². The molecule has 0 aromatic carbocycles. The zero-order valence-corrected chi connectivity index (χ0v) is 13.9. The Morgan fingerprint density at radius 3 is 2.74 bits per heavy atom. The van der Waals surface area contributed by atoms with E-state index >= 15 is 0 Å². The second-order valence-corrected chi connectivity index (χ2v) is 6.50. The van der Waals surface area contributed by atoms with Crippen molar-refractivity contribution in [1.29, 1.82) is 0 Å². The minimum absolute atomic E-state index is 0.221. The summed E-state index contributed by atoms with van der Waals surface area (Å²) in [5.41, 5.74) is -0.463. The monoisotopic (exact) mass is 347 g/mol.